The van der Waals surface area contributed by atoms with Crippen LogP contribution in [0.5, 0.6) is 0 Å². The largest absolute Gasteiger partial charge is 2.00 e. The molecule has 0 unspecified atom stereocenters. The monoisotopic (exact) mass is 766 g/mol. The van der Waals surface area contributed by atoms with Gasteiger partial charge in [0.05, 0.1) is 17.1 Å². The molecular weight excluding hydrogens is 703 g/mol. The number of nitrogens with zero attached hydrogens (tertiary/aromatic N) is 6. The zero-order valence-corrected chi connectivity index (χ0v) is 32.4. The van der Waals surface area contributed by atoms with Crippen molar-refractivity contribution in [3.63, 3.8) is 0 Å². The van der Waals surface area contributed by atoms with Crippen molar-refractivity contribution >= 4 is 13.8 Å². The van der Waals surface area contributed by atoms with Gasteiger partial charge in [-0.05, 0) is 68.9 Å². The Morgan fingerprint density at radius 3 is 1.00 bits per heavy atom. The second-order valence-electron chi connectivity index (χ2n) is 15.4. The Labute approximate surface area is 309 Å². The van der Waals surface area contributed by atoms with E-state index in [1.807, 2.05) is 0 Å². The zero-order valence-electron chi connectivity index (χ0n) is 30.7. The van der Waals surface area contributed by atoms with E-state index in [0.717, 1.165) is 54.1 Å². The van der Waals surface area contributed by atoms with E-state index in [1.54, 1.807) is 0 Å². The van der Waals surface area contributed by atoms with Gasteiger partial charge in [0.25, 0.3) is 7.12 Å². The minimum absolute atomic E-state index is 0. The van der Waals surface area contributed by atoms with Crippen LogP contribution in [-0.2, 0) is 21.0 Å². The van der Waals surface area contributed by atoms with Crippen LogP contribution in [0.3, 0.4) is 0 Å². The van der Waals surface area contributed by atoms with Gasteiger partial charge in [-0.15, -0.1) is 6.71 Å². The molecule has 7 nitrogen and oxygen atoms in total. The van der Waals surface area contributed by atoms with Gasteiger partial charge in [-0.2, -0.15) is 0 Å². The average Bonchev–Trinajstić information content (AvgIpc) is 3.70. The van der Waals surface area contributed by atoms with Gasteiger partial charge >= 0.3 is 46.9 Å². The van der Waals surface area contributed by atoms with Crippen molar-refractivity contribution in [1.82, 2.24) is 29.1 Å². The van der Waals surface area contributed by atoms with Crippen molar-refractivity contribution in [1.29, 1.82) is 0 Å². The fourth-order valence-electron chi connectivity index (χ4n) is 4.95. The SMILES string of the molecule is C1CCOC1.CC[B-](CC)CC.Cc1cc(C(C)(C)C)nn1[B-](n1nc(C(C)(C)C)cc1C)n1nc(C(C)(C)C)cc1C.[Yb+2]. The Kier molecular flexibility index (Phi) is 16.3. The molecule has 4 heterocycles. The fraction of sp³-hybridized carbons (Fsp3) is 0.735. The first kappa shape index (κ1) is 41.3. The molecule has 3 aromatic rings. The summed E-state index contributed by atoms with van der Waals surface area (Å²) in [6.45, 7) is 35.9. The number of ether oxygens (including phenoxy) is 1. The molecule has 4 rings (SSSR count). The summed E-state index contributed by atoms with van der Waals surface area (Å²) in [6.07, 6.45) is 6.62. The number of hydrogen-bond acceptors (Lipinski definition) is 4. The van der Waals surface area contributed by atoms with Gasteiger partial charge in [0.1, 0.15) is 0 Å². The molecule has 1 aliphatic rings. The van der Waals surface area contributed by atoms with Crippen molar-refractivity contribution in [2.24, 2.45) is 0 Å². The summed E-state index contributed by atoms with van der Waals surface area (Å²) >= 11 is 0. The van der Waals surface area contributed by atoms with Crippen LogP contribution in [0, 0.1) is 67.7 Å². The third-order valence-electron chi connectivity index (χ3n) is 8.29. The van der Waals surface area contributed by atoms with Crippen molar-refractivity contribution in [3.8, 4) is 0 Å². The maximum atomic E-state index is 5.05. The van der Waals surface area contributed by atoms with Crippen molar-refractivity contribution in [3.05, 3.63) is 52.4 Å². The number of hydrogen-bond donors (Lipinski definition) is 0. The molecule has 1 fully saturated rings. The normalized spacial score (nSPS) is 13.8. The average molecular weight is 766 g/mol. The van der Waals surface area contributed by atoms with Gasteiger partial charge in [-0.1, -0.05) is 83.1 Å². The van der Waals surface area contributed by atoms with Crippen LogP contribution in [0.1, 0.15) is 130 Å². The van der Waals surface area contributed by atoms with Crippen LogP contribution >= 0.6 is 0 Å². The van der Waals surface area contributed by atoms with E-state index in [-0.39, 0.29) is 70.3 Å². The summed E-state index contributed by atoms with van der Waals surface area (Å²) < 4.78 is 11.2. The second-order valence-corrected chi connectivity index (χ2v) is 15.4. The Bertz CT molecular complexity index is 1120. The summed E-state index contributed by atoms with van der Waals surface area (Å²) in [7, 11) is -0.303. The molecular formula is C34H62B2N6OYb. The van der Waals surface area contributed by atoms with Crippen LogP contribution in [0.2, 0.25) is 19.0 Å². The number of aromatic nitrogens is 6. The molecule has 0 N–H and O–H groups in total. The standard InChI is InChI=1S/C24H39BN6.C6H15B.C4H8O.Yb/c1-16-13-19(22(4,5)6)26-29(16)25(30-17(2)14-20(27-30)23(7,8)9)31-18(3)15-21(28-31)24(10,11)12;1-4-7(5-2)6-3;1-2-4-5-3-1;/h13-15H,1-12H3;4-6H2,1-3H3;1-4H2;/q2*-1;;+2. The van der Waals surface area contributed by atoms with E-state index in [4.69, 9.17) is 20.0 Å². The number of rotatable bonds is 6. The molecule has 44 heavy (non-hydrogen) atoms. The van der Waals surface area contributed by atoms with Gasteiger partial charge in [0, 0.05) is 29.5 Å². The predicted octanol–water partition coefficient (Wildman–Crippen LogP) is 8.36. The van der Waals surface area contributed by atoms with Gasteiger partial charge in [0.15, 0.2) is 0 Å². The van der Waals surface area contributed by atoms with Gasteiger partial charge in [-0.25, -0.2) is 34.3 Å². The van der Waals surface area contributed by atoms with Crippen molar-refractivity contribution in [2.75, 3.05) is 13.2 Å². The Balaban J connectivity index is 0.000000622. The van der Waals surface area contributed by atoms with E-state index < -0.39 is 0 Å². The smallest absolute Gasteiger partial charge is 0.422 e. The third-order valence-corrected chi connectivity index (χ3v) is 8.29. The van der Waals surface area contributed by atoms with Crippen LogP contribution in [-0.4, -0.2) is 56.1 Å². The Morgan fingerprint density at radius 2 is 0.864 bits per heavy atom. The van der Waals surface area contributed by atoms with E-state index in [1.165, 1.54) is 31.8 Å². The van der Waals surface area contributed by atoms with E-state index in [9.17, 15) is 0 Å². The minimum atomic E-state index is -0.303. The molecule has 1 aliphatic heterocycles. The molecule has 0 aromatic carbocycles. The Morgan fingerprint density at radius 1 is 0.591 bits per heavy atom. The van der Waals surface area contributed by atoms with Gasteiger partial charge in [-0.3, -0.25) is 0 Å². The molecule has 0 aliphatic carbocycles. The minimum Gasteiger partial charge on any atom is -0.422 e. The predicted molar refractivity (Wildman–Crippen MR) is 186 cm³/mol. The molecule has 254 valence electrons. The zero-order chi connectivity index (χ0) is 32.8. The molecule has 0 amide bonds. The van der Waals surface area contributed by atoms with Crippen LogP contribution in [0.4, 0.5) is 0 Å². The topological polar surface area (TPSA) is 62.7 Å². The Hall–Kier alpha value is -0.761. The fourth-order valence-corrected chi connectivity index (χ4v) is 4.95. The first-order chi connectivity index (χ1) is 19.8. The van der Waals surface area contributed by atoms with Crippen molar-refractivity contribution in [2.45, 2.75) is 152 Å². The molecule has 10 heteroatoms. The molecule has 0 atom stereocenters. The molecule has 0 saturated carbocycles. The summed E-state index contributed by atoms with van der Waals surface area (Å²) in [5.74, 6) is 0. The molecule has 2 radical (unpaired) electrons. The first-order valence-electron chi connectivity index (χ1n) is 16.6. The van der Waals surface area contributed by atoms with Crippen molar-refractivity contribution < 1.29 is 51.7 Å². The third kappa shape index (κ3) is 11.5. The van der Waals surface area contributed by atoms with E-state index in [0.29, 0.717) is 0 Å². The van der Waals surface area contributed by atoms with Crippen LogP contribution in [0.25, 0.3) is 0 Å². The quantitative estimate of drug-likeness (QED) is 0.237. The number of aryl methyl sites for hydroxylation is 3. The summed E-state index contributed by atoms with van der Waals surface area (Å²) in [5.41, 5.74) is 6.37. The van der Waals surface area contributed by atoms with Crippen LogP contribution < -0.4 is 0 Å². The summed E-state index contributed by atoms with van der Waals surface area (Å²) in [4.78, 5) is 0. The van der Waals surface area contributed by atoms with Gasteiger partial charge < -0.3 is 18.5 Å². The maximum absolute atomic E-state index is 5.05. The van der Waals surface area contributed by atoms with E-state index in [2.05, 4.69) is 136 Å². The van der Waals surface area contributed by atoms with Gasteiger partial charge in [0.2, 0.25) is 0 Å². The molecule has 0 bridgehead atoms. The van der Waals surface area contributed by atoms with Crippen LogP contribution in [0.15, 0.2) is 18.2 Å². The first-order valence-corrected chi connectivity index (χ1v) is 16.6. The summed E-state index contributed by atoms with van der Waals surface area (Å²) in [6, 6.07) is 6.54. The maximum Gasteiger partial charge on any atom is 2.00 e. The summed E-state index contributed by atoms with van der Waals surface area (Å²) in [5, 5.41) is 15.2. The molecule has 0 spiro atoms. The van der Waals surface area contributed by atoms with E-state index >= 15 is 0 Å². The second kappa shape index (κ2) is 17.4. The molecule has 1 saturated heterocycles. The molecule has 3 aromatic heterocycles.